The smallest absolute Gasteiger partial charge is 0.267 e. The molecule has 0 saturated heterocycles. The van der Waals surface area contributed by atoms with E-state index in [-0.39, 0.29) is 6.42 Å². The fourth-order valence-electron chi connectivity index (χ4n) is 2.01. The lowest BCUT2D eigenvalue weighted by molar-refractivity contribution is 0.0277. The first-order valence-electron chi connectivity index (χ1n) is 7.26. The van der Waals surface area contributed by atoms with E-state index < -0.39 is 21.5 Å². The third-order valence-corrected chi connectivity index (χ3v) is 4.65. The number of benzene rings is 1. The fourth-order valence-corrected chi connectivity index (χ4v) is 2.43. The average Bonchev–Trinajstić information content (AvgIpc) is 2.52. The van der Waals surface area contributed by atoms with Crippen molar-refractivity contribution < 1.29 is 17.7 Å². The van der Waals surface area contributed by atoms with Crippen LogP contribution in [0.25, 0.3) is 0 Å². The highest BCUT2D eigenvalue weighted by Gasteiger charge is 2.25. The quantitative estimate of drug-likeness (QED) is 0.782. The molecule has 1 aromatic heterocycles. The standard InChI is InChI=1S/C16H20N2O4S/c1-12-9-17-16(18-10-12)15(8-13(2)23(19,20)21)22-11-14-6-4-3-5-7-14/h3-7,9-10,13,15H,8,11H2,1-2H3,(H,19,20,21). The molecule has 0 radical (unpaired) electrons. The van der Waals surface area contributed by atoms with Crippen molar-refractivity contribution in [2.45, 2.75) is 38.2 Å². The first kappa shape index (κ1) is 17.5. The van der Waals surface area contributed by atoms with Gasteiger partial charge in [0.15, 0.2) is 5.82 Å². The van der Waals surface area contributed by atoms with Crippen molar-refractivity contribution in [2.75, 3.05) is 0 Å². The molecule has 2 unspecified atom stereocenters. The summed E-state index contributed by atoms with van der Waals surface area (Å²) < 4.78 is 37.6. The van der Waals surface area contributed by atoms with Gasteiger partial charge in [-0.2, -0.15) is 8.42 Å². The maximum absolute atomic E-state index is 11.3. The van der Waals surface area contributed by atoms with Gasteiger partial charge in [-0.15, -0.1) is 0 Å². The van der Waals surface area contributed by atoms with E-state index in [0.717, 1.165) is 11.1 Å². The SMILES string of the molecule is Cc1cnc(C(CC(C)S(=O)(=O)O)OCc2ccccc2)nc1. The zero-order chi connectivity index (χ0) is 16.9. The van der Waals surface area contributed by atoms with Crippen molar-refractivity contribution in [1.82, 2.24) is 9.97 Å². The second-order valence-corrected chi connectivity index (χ2v) is 7.30. The van der Waals surface area contributed by atoms with Crippen molar-refractivity contribution >= 4 is 10.1 Å². The third kappa shape index (κ3) is 5.38. The van der Waals surface area contributed by atoms with Crippen LogP contribution >= 0.6 is 0 Å². The molecule has 23 heavy (non-hydrogen) atoms. The zero-order valence-corrected chi connectivity index (χ0v) is 13.9. The average molecular weight is 336 g/mol. The van der Waals surface area contributed by atoms with Crippen LogP contribution in [0.1, 0.15) is 36.4 Å². The highest BCUT2D eigenvalue weighted by molar-refractivity contribution is 7.86. The minimum atomic E-state index is -4.13. The number of hydrogen-bond donors (Lipinski definition) is 1. The second-order valence-electron chi connectivity index (χ2n) is 5.47. The topological polar surface area (TPSA) is 89.4 Å². The summed E-state index contributed by atoms with van der Waals surface area (Å²) in [5.41, 5.74) is 1.86. The Bertz CT molecular complexity index is 718. The molecule has 7 heteroatoms. The third-order valence-electron chi connectivity index (χ3n) is 3.44. The van der Waals surface area contributed by atoms with Crippen LogP contribution in [0.15, 0.2) is 42.7 Å². The van der Waals surface area contributed by atoms with Crippen LogP contribution in [0.2, 0.25) is 0 Å². The zero-order valence-electron chi connectivity index (χ0n) is 13.1. The fraction of sp³-hybridized carbons (Fsp3) is 0.375. The van der Waals surface area contributed by atoms with Gasteiger partial charge in [-0.25, -0.2) is 9.97 Å². The Kier molecular flexibility index (Phi) is 5.81. The van der Waals surface area contributed by atoms with Crippen molar-refractivity contribution in [3.63, 3.8) is 0 Å². The number of aromatic nitrogens is 2. The molecule has 124 valence electrons. The number of nitrogens with zero attached hydrogens (tertiary/aromatic N) is 2. The van der Waals surface area contributed by atoms with E-state index >= 15 is 0 Å². The van der Waals surface area contributed by atoms with Crippen LogP contribution in [0, 0.1) is 6.92 Å². The first-order chi connectivity index (χ1) is 10.9. The number of rotatable bonds is 7. The Morgan fingerprint density at radius 1 is 1.17 bits per heavy atom. The van der Waals surface area contributed by atoms with Gasteiger partial charge in [0, 0.05) is 12.4 Å². The van der Waals surface area contributed by atoms with Crippen LogP contribution in [-0.4, -0.2) is 28.2 Å². The first-order valence-corrected chi connectivity index (χ1v) is 8.77. The van der Waals surface area contributed by atoms with Gasteiger partial charge in [0.2, 0.25) is 0 Å². The molecule has 1 N–H and O–H groups in total. The summed E-state index contributed by atoms with van der Waals surface area (Å²) in [6.07, 6.45) is 2.76. The lowest BCUT2D eigenvalue weighted by Crippen LogP contribution is -2.22. The van der Waals surface area contributed by atoms with Gasteiger partial charge < -0.3 is 4.74 Å². The molecule has 0 aliphatic rings. The maximum Gasteiger partial charge on any atom is 0.267 e. The van der Waals surface area contributed by atoms with Crippen molar-refractivity contribution in [1.29, 1.82) is 0 Å². The molecule has 0 saturated carbocycles. The van der Waals surface area contributed by atoms with Crippen LogP contribution < -0.4 is 0 Å². The summed E-state index contributed by atoms with van der Waals surface area (Å²) in [4.78, 5) is 8.43. The molecule has 0 aliphatic carbocycles. The van der Waals surface area contributed by atoms with E-state index in [4.69, 9.17) is 4.74 Å². The van der Waals surface area contributed by atoms with Crippen molar-refractivity contribution in [3.8, 4) is 0 Å². The van der Waals surface area contributed by atoms with Crippen LogP contribution in [0.3, 0.4) is 0 Å². The van der Waals surface area contributed by atoms with Gasteiger partial charge in [-0.3, -0.25) is 4.55 Å². The van der Waals surface area contributed by atoms with Crippen LogP contribution in [0.4, 0.5) is 0 Å². The molecule has 1 aromatic carbocycles. The molecule has 0 aliphatic heterocycles. The van der Waals surface area contributed by atoms with E-state index in [9.17, 15) is 13.0 Å². The van der Waals surface area contributed by atoms with Gasteiger partial charge >= 0.3 is 0 Å². The molecule has 0 spiro atoms. The molecule has 1 heterocycles. The molecule has 2 atom stereocenters. The minimum absolute atomic E-state index is 0.0781. The summed E-state index contributed by atoms with van der Waals surface area (Å²) >= 11 is 0. The Hall–Kier alpha value is -1.83. The second kappa shape index (κ2) is 7.63. The Balaban J connectivity index is 2.15. The van der Waals surface area contributed by atoms with Crippen LogP contribution in [0.5, 0.6) is 0 Å². The summed E-state index contributed by atoms with van der Waals surface area (Å²) in [6, 6.07) is 9.54. The summed E-state index contributed by atoms with van der Waals surface area (Å²) in [5, 5.41) is -0.965. The lowest BCUT2D eigenvalue weighted by Gasteiger charge is -2.19. The van der Waals surface area contributed by atoms with E-state index in [1.54, 1.807) is 12.4 Å². The Morgan fingerprint density at radius 3 is 2.35 bits per heavy atom. The van der Waals surface area contributed by atoms with Gasteiger partial charge in [-0.05, 0) is 31.4 Å². The highest BCUT2D eigenvalue weighted by Crippen LogP contribution is 2.23. The molecular weight excluding hydrogens is 316 g/mol. The molecule has 0 fully saturated rings. The van der Waals surface area contributed by atoms with Gasteiger partial charge in [0.05, 0.1) is 11.9 Å². The van der Waals surface area contributed by atoms with Gasteiger partial charge in [0.25, 0.3) is 10.1 Å². The molecule has 6 nitrogen and oxygen atoms in total. The number of ether oxygens (including phenoxy) is 1. The van der Waals surface area contributed by atoms with Crippen molar-refractivity contribution in [2.24, 2.45) is 0 Å². The van der Waals surface area contributed by atoms with E-state index in [0.29, 0.717) is 12.4 Å². The Morgan fingerprint density at radius 2 is 1.78 bits per heavy atom. The maximum atomic E-state index is 11.3. The van der Waals surface area contributed by atoms with E-state index in [1.165, 1.54) is 6.92 Å². The number of hydrogen-bond acceptors (Lipinski definition) is 5. The molecular formula is C16H20N2O4S. The van der Waals surface area contributed by atoms with E-state index in [1.807, 2.05) is 37.3 Å². The number of aryl methyl sites for hydroxylation is 1. The molecule has 0 bridgehead atoms. The Labute approximate surface area is 136 Å². The summed E-state index contributed by atoms with van der Waals surface area (Å²) in [5.74, 6) is 0.405. The summed E-state index contributed by atoms with van der Waals surface area (Å²) in [6.45, 7) is 3.60. The van der Waals surface area contributed by atoms with Crippen molar-refractivity contribution in [3.05, 3.63) is 59.7 Å². The van der Waals surface area contributed by atoms with E-state index in [2.05, 4.69) is 9.97 Å². The summed E-state index contributed by atoms with van der Waals surface area (Å²) in [7, 11) is -4.13. The predicted molar refractivity (Wildman–Crippen MR) is 86.4 cm³/mol. The highest BCUT2D eigenvalue weighted by atomic mass is 32.2. The van der Waals surface area contributed by atoms with Crippen LogP contribution in [-0.2, 0) is 21.5 Å². The van der Waals surface area contributed by atoms with Gasteiger partial charge in [-0.1, -0.05) is 30.3 Å². The predicted octanol–water partition coefficient (Wildman–Crippen LogP) is 2.71. The molecule has 0 amide bonds. The normalized spacial score (nSPS) is 14.4. The van der Waals surface area contributed by atoms with Gasteiger partial charge in [0.1, 0.15) is 6.10 Å². The lowest BCUT2D eigenvalue weighted by atomic mass is 10.2. The monoisotopic (exact) mass is 336 g/mol. The minimum Gasteiger partial charge on any atom is -0.365 e. The molecule has 2 rings (SSSR count). The molecule has 2 aromatic rings. The largest absolute Gasteiger partial charge is 0.365 e.